The molecule has 0 aliphatic carbocycles. The molecule has 2 rings (SSSR count). The highest BCUT2D eigenvalue weighted by molar-refractivity contribution is 9.10. The van der Waals surface area contributed by atoms with Crippen molar-refractivity contribution in [3.05, 3.63) is 45.6 Å². The Balaban J connectivity index is 2.39. The van der Waals surface area contributed by atoms with Gasteiger partial charge in [-0.1, -0.05) is 11.6 Å². The fourth-order valence-corrected chi connectivity index (χ4v) is 2.52. The maximum absolute atomic E-state index is 13.1. The van der Waals surface area contributed by atoms with Gasteiger partial charge in [0.1, 0.15) is 11.6 Å². The monoisotopic (exact) mass is 344 g/mol. The molecule has 3 nitrogen and oxygen atoms in total. The lowest BCUT2D eigenvalue weighted by Gasteiger charge is -2.12. The summed E-state index contributed by atoms with van der Waals surface area (Å²) in [5.74, 6) is 0.212. The van der Waals surface area contributed by atoms with Crippen LogP contribution in [-0.2, 0) is 0 Å². The summed E-state index contributed by atoms with van der Waals surface area (Å²) in [7, 11) is 1.55. The van der Waals surface area contributed by atoms with Crippen molar-refractivity contribution in [2.75, 3.05) is 18.2 Å². The fraction of sp³-hybridized carbons (Fsp3) is 0.0769. The number of benzene rings is 2. The molecule has 0 bridgehead atoms. The molecular formula is C13H11BrClFN2O. The molecule has 0 atom stereocenters. The number of nitrogen functional groups attached to an aromatic ring is 1. The van der Waals surface area contributed by atoms with E-state index in [-0.39, 0.29) is 5.02 Å². The van der Waals surface area contributed by atoms with Crippen LogP contribution in [0.1, 0.15) is 0 Å². The summed E-state index contributed by atoms with van der Waals surface area (Å²) in [6.45, 7) is 0. The van der Waals surface area contributed by atoms with Gasteiger partial charge >= 0.3 is 0 Å². The van der Waals surface area contributed by atoms with Crippen molar-refractivity contribution >= 4 is 44.6 Å². The Kier molecular flexibility index (Phi) is 4.17. The van der Waals surface area contributed by atoms with E-state index in [1.54, 1.807) is 25.3 Å². The van der Waals surface area contributed by atoms with Gasteiger partial charge in [-0.2, -0.15) is 0 Å². The predicted octanol–water partition coefficient (Wildman–Crippen LogP) is 4.58. The molecule has 0 saturated carbocycles. The van der Waals surface area contributed by atoms with Crippen LogP contribution in [0.4, 0.5) is 21.5 Å². The first kappa shape index (κ1) is 14.0. The number of rotatable bonds is 3. The van der Waals surface area contributed by atoms with Crippen molar-refractivity contribution in [1.29, 1.82) is 0 Å². The van der Waals surface area contributed by atoms with Gasteiger partial charge in [-0.25, -0.2) is 4.39 Å². The van der Waals surface area contributed by atoms with Gasteiger partial charge in [0.2, 0.25) is 0 Å². The molecule has 100 valence electrons. The molecule has 0 unspecified atom stereocenters. The van der Waals surface area contributed by atoms with Crippen LogP contribution in [0.3, 0.4) is 0 Å². The number of ether oxygens (including phenoxy) is 1. The summed E-state index contributed by atoms with van der Waals surface area (Å²) in [6.07, 6.45) is 0. The molecule has 0 amide bonds. The Labute approximate surface area is 123 Å². The Hall–Kier alpha value is -1.46. The van der Waals surface area contributed by atoms with E-state index in [2.05, 4.69) is 21.2 Å². The van der Waals surface area contributed by atoms with Gasteiger partial charge in [0.05, 0.1) is 17.8 Å². The van der Waals surface area contributed by atoms with Crippen molar-refractivity contribution in [2.24, 2.45) is 0 Å². The summed E-state index contributed by atoms with van der Waals surface area (Å²) >= 11 is 9.26. The zero-order valence-electron chi connectivity index (χ0n) is 10.0. The van der Waals surface area contributed by atoms with E-state index in [0.29, 0.717) is 27.3 Å². The first-order valence-electron chi connectivity index (χ1n) is 5.35. The number of nitrogens with one attached hydrogen (secondary N) is 1. The first-order valence-corrected chi connectivity index (χ1v) is 6.53. The van der Waals surface area contributed by atoms with E-state index in [0.717, 1.165) is 0 Å². The molecular weight excluding hydrogens is 335 g/mol. The Morgan fingerprint density at radius 2 is 2.00 bits per heavy atom. The minimum atomic E-state index is -0.410. The van der Waals surface area contributed by atoms with Gasteiger partial charge in [-0.3, -0.25) is 0 Å². The van der Waals surface area contributed by atoms with E-state index >= 15 is 0 Å². The first-order chi connectivity index (χ1) is 8.99. The van der Waals surface area contributed by atoms with E-state index in [1.807, 2.05) is 0 Å². The van der Waals surface area contributed by atoms with Gasteiger partial charge in [0, 0.05) is 28.0 Å². The molecule has 0 spiro atoms. The van der Waals surface area contributed by atoms with Gasteiger partial charge in [-0.15, -0.1) is 0 Å². The second kappa shape index (κ2) is 5.67. The largest absolute Gasteiger partial charge is 0.497 e. The van der Waals surface area contributed by atoms with Crippen LogP contribution in [0.15, 0.2) is 34.8 Å². The van der Waals surface area contributed by atoms with E-state index < -0.39 is 5.82 Å². The second-order valence-corrected chi connectivity index (χ2v) is 5.13. The number of hydrogen-bond acceptors (Lipinski definition) is 3. The van der Waals surface area contributed by atoms with Crippen LogP contribution < -0.4 is 15.8 Å². The lowest BCUT2D eigenvalue weighted by molar-refractivity contribution is 0.415. The average molecular weight is 346 g/mol. The summed E-state index contributed by atoms with van der Waals surface area (Å²) in [5, 5.41) is 3.35. The highest BCUT2D eigenvalue weighted by Gasteiger charge is 2.09. The number of anilines is 3. The van der Waals surface area contributed by atoms with Crippen LogP contribution in [0.25, 0.3) is 0 Å². The van der Waals surface area contributed by atoms with E-state index in [4.69, 9.17) is 22.1 Å². The Morgan fingerprint density at radius 1 is 1.26 bits per heavy atom. The number of hydrogen-bond donors (Lipinski definition) is 2. The predicted molar refractivity (Wildman–Crippen MR) is 79.8 cm³/mol. The molecule has 0 saturated heterocycles. The van der Waals surface area contributed by atoms with Gasteiger partial charge in [-0.05, 0) is 34.1 Å². The number of methoxy groups -OCH3 is 1. The molecule has 2 aromatic rings. The van der Waals surface area contributed by atoms with Crippen LogP contribution in [0, 0.1) is 5.82 Å². The third-order valence-corrected chi connectivity index (χ3v) is 3.36. The normalized spacial score (nSPS) is 10.3. The van der Waals surface area contributed by atoms with Crippen LogP contribution >= 0.6 is 27.5 Å². The molecule has 6 heteroatoms. The molecule has 2 aromatic carbocycles. The summed E-state index contributed by atoms with van der Waals surface area (Å²) in [5.41, 5.74) is 7.58. The zero-order chi connectivity index (χ0) is 14.0. The lowest BCUT2D eigenvalue weighted by Crippen LogP contribution is -1.96. The van der Waals surface area contributed by atoms with Crippen molar-refractivity contribution in [1.82, 2.24) is 0 Å². The minimum Gasteiger partial charge on any atom is -0.497 e. The van der Waals surface area contributed by atoms with Crippen molar-refractivity contribution in [3.8, 4) is 5.75 Å². The maximum atomic E-state index is 13.1. The second-order valence-electron chi connectivity index (χ2n) is 3.86. The van der Waals surface area contributed by atoms with Crippen molar-refractivity contribution in [3.63, 3.8) is 0 Å². The fourth-order valence-electron chi connectivity index (χ4n) is 1.62. The quantitative estimate of drug-likeness (QED) is 0.801. The van der Waals surface area contributed by atoms with Gasteiger partial charge < -0.3 is 15.8 Å². The summed E-state index contributed by atoms with van der Waals surface area (Å²) in [4.78, 5) is 0. The molecule has 19 heavy (non-hydrogen) atoms. The highest BCUT2D eigenvalue weighted by Crippen LogP contribution is 2.35. The molecule has 0 aliphatic heterocycles. The minimum absolute atomic E-state index is 0.272. The molecule has 3 N–H and O–H groups in total. The molecule has 0 heterocycles. The SMILES string of the molecule is COc1cc(N)cc(Nc2c(Cl)cc(F)cc2Br)c1. The Bertz CT molecular complexity index is 599. The molecule has 0 aromatic heterocycles. The number of halogens is 3. The smallest absolute Gasteiger partial charge is 0.125 e. The van der Waals surface area contributed by atoms with E-state index in [1.165, 1.54) is 12.1 Å². The molecule has 0 radical (unpaired) electrons. The van der Waals surface area contributed by atoms with Crippen LogP contribution in [0.2, 0.25) is 5.02 Å². The van der Waals surface area contributed by atoms with Gasteiger partial charge in [0.25, 0.3) is 0 Å². The third kappa shape index (κ3) is 3.30. The summed E-state index contributed by atoms with van der Waals surface area (Å²) < 4.78 is 18.8. The van der Waals surface area contributed by atoms with E-state index in [9.17, 15) is 4.39 Å². The molecule has 0 aliphatic rings. The van der Waals surface area contributed by atoms with Crippen molar-refractivity contribution < 1.29 is 9.13 Å². The standard InChI is InChI=1S/C13H11BrClFN2O/c1-19-10-5-8(17)4-9(6-10)18-13-11(14)2-7(16)3-12(13)15/h2-6,18H,17H2,1H3. The maximum Gasteiger partial charge on any atom is 0.125 e. The lowest BCUT2D eigenvalue weighted by atomic mass is 10.2. The Morgan fingerprint density at radius 3 is 2.63 bits per heavy atom. The topological polar surface area (TPSA) is 47.3 Å². The number of nitrogens with two attached hydrogens (primary N) is 1. The third-order valence-electron chi connectivity index (χ3n) is 2.44. The zero-order valence-corrected chi connectivity index (χ0v) is 12.3. The molecule has 0 fully saturated rings. The van der Waals surface area contributed by atoms with Gasteiger partial charge in [0.15, 0.2) is 0 Å². The van der Waals surface area contributed by atoms with Crippen LogP contribution in [0.5, 0.6) is 5.75 Å². The highest BCUT2D eigenvalue weighted by atomic mass is 79.9. The average Bonchev–Trinajstić information content (AvgIpc) is 2.33. The summed E-state index contributed by atoms with van der Waals surface area (Å²) in [6, 6.07) is 7.76. The van der Waals surface area contributed by atoms with Crippen molar-refractivity contribution in [2.45, 2.75) is 0 Å². The van der Waals surface area contributed by atoms with Crippen LogP contribution in [-0.4, -0.2) is 7.11 Å².